The summed E-state index contributed by atoms with van der Waals surface area (Å²) in [6.07, 6.45) is 1.10. The first-order valence-electron chi connectivity index (χ1n) is 5.17. The van der Waals surface area contributed by atoms with Crippen molar-refractivity contribution in [3.63, 3.8) is 0 Å². The fourth-order valence-electron chi connectivity index (χ4n) is 1.42. The van der Waals surface area contributed by atoms with Gasteiger partial charge in [-0.05, 0) is 24.6 Å². The molecule has 0 aliphatic rings. The number of halogens is 1. The van der Waals surface area contributed by atoms with E-state index in [0.29, 0.717) is 5.56 Å². The third kappa shape index (κ3) is 3.89. The van der Waals surface area contributed by atoms with Gasteiger partial charge in [0.15, 0.2) is 9.84 Å². The standard InChI is InChI=1S/C11H14ClNO4S/c1-3-17-11(14)8-5-9(12)7(4-10(8)13)6-18(2,15)16/h4-5H,3,6,13H2,1-2H3. The Kier molecular flexibility index (Phi) is 4.59. The average molecular weight is 292 g/mol. The summed E-state index contributed by atoms with van der Waals surface area (Å²) in [5, 5.41) is 0.178. The van der Waals surface area contributed by atoms with Crippen LogP contribution in [0.15, 0.2) is 12.1 Å². The van der Waals surface area contributed by atoms with Gasteiger partial charge in [0, 0.05) is 17.0 Å². The molecule has 5 nitrogen and oxygen atoms in total. The van der Waals surface area contributed by atoms with Gasteiger partial charge in [0.05, 0.1) is 17.9 Å². The van der Waals surface area contributed by atoms with Crippen molar-refractivity contribution in [2.75, 3.05) is 18.6 Å². The van der Waals surface area contributed by atoms with E-state index in [9.17, 15) is 13.2 Å². The van der Waals surface area contributed by atoms with Gasteiger partial charge in [-0.15, -0.1) is 0 Å². The number of nitrogens with two attached hydrogens (primary N) is 1. The third-order valence-electron chi connectivity index (χ3n) is 2.13. The first kappa shape index (κ1) is 14.8. The lowest BCUT2D eigenvalue weighted by Crippen LogP contribution is -2.10. The molecule has 7 heteroatoms. The topological polar surface area (TPSA) is 86.5 Å². The Morgan fingerprint density at radius 1 is 1.44 bits per heavy atom. The average Bonchev–Trinajstić information content (AvgIpc) is 2.21. The molecule has 0 radical (unpaired) electrons. The van der Waals surface area contributed by atoms with E-state index in [4.69, 9.17) is 22.1 Å². The van der Waals surface area contributed by atoms with Crippen molar-refractivity contribution in [1.82, 2.24) is 0 Å². The maximum Gasteiger partial charge on any atom is 0.340 e. The van der Waals surface area contributed by atoms with Gasteiger partial charge in [-0.1, -0.05) is 11.6 Å². The first-order valence-corrected chi connectivity index (χ1v) is 7.61. The molecule has 0 spiro atoms. The van der Waals surface area contributed by atoms with E-state index >= 15 is 0 Å². The smallest absolute Gasteiger partial charge is 0.340 e. The molecular weight excluding hydrogens is 278 g/mol. The van der Waals surface area contributed by atoms with Crippen LogP contribution in [0.5, 0.6) is 0 Å². The molecule has 1 rings (SSSR count). The van der Waals surface area contributed by atoms with E-state index in [2.05, 4.69) is 0 Å². The summed E-state index contributed by atoms with van der Waals surface area (Å²) in [5.74, 6) is -0.804. The summed E-state index contributed by atoms with van der Waals surface area (Å²) in [4.78, 5) is 11.5. The van der Waals surface area contributed by atoms with Crippen LogP contribution in [0.4, 0.5) is 5.69 Å². The highest BCUT2D eigenvalue weighted by Crippen LogP contribution is 2.25. The number of hydrogen-bond donors (Lipinski definition) is 1. The Bertz CT molecular complexity index is 569. The summed E-state index contributed by atoms with van der Waals surface area (Å²) in [7, 11) is -3.22. The molecule has 0 aliphatic heterocycles. The molecule has 0 atom stereocenters. The highest BCUT2D eigenvalue weighted by molar-refractivity contribution is 7.89. The van der Waals surface area contributed by atoms with Crippen molar-refractivity contribution in [2.45, 2.75) is 12.7 Å². The van der Waals surface area contributed by atoms with E-state index < -0.39 is 15.8 Å². The van der Waals surface area contributed by atoms with E-state index in [1.807, 2.05) is 0 Å². The van der Waals surface area contributed by atoms with Crippen LogP contribution in [0.3, 0.4) is 0 Å². The zero-order valence-corrected chi connectivity index (χ0v) is 11.6. The van der Waals surface area contributed by atoms with Crippen molar-refractivity contribution in [1.29, 1.82) is 0 Å². The monoisotopic (exact) mass is 291 g/mol. The second-order valence-corrected chi connectivity index (χ2v) is 6.37. The highest BCUT2D eigenvalue weighted by atomic mass is 35.5. The minimum Gasteiger partial charge on any atom is -0.462 e. The van der Waals surface area contributed by atoms with Gasteiger partial charge in [-0.3, -0.25) is 0 Å². The Morgan fingerprint density at radius 2 is 2.06 bits per heavy atom. The lowest BCUT2D eigenvalue weighted by molar-refractivity contribution is 0.0527. The summed E-state index contributed by atoms with van der Waals surface area (Å²) >= 11 is 5.92. The molecule has 0 saturated carbocycles. The third-order valence-corrected chi connectivity index (χ3v) is 3.32. The molecule has 2 N–H and O–H groups in total. The summed E-state index contributed by atoms with van der Waals surface area (Å²) in [6.45, 7) is 1.90. The molecule has 0 amide bonds. The minimum atomic E-state index is -3.22. The van der Waals surface area contributed by atoms with Gasteiger partial charge in [0.25, 0.3) is 0 Å². The maximum atomic E-state index is 11.5. The fourth-order valence-corrected chi connectivity index (χ4v) is 2.53. The SMILES string of the molecule is CCOC(=O)c1cc(Cl)c(CS(C)(=O)=O)cc1N. The van der Waals surface area contributed by atoms with Crippen LogP contribution < -0.4 is 5.73 Å². The van der Waals surface area contributed by atoms with E-state index in [1.165, 1.54) is 12.1 Å². The molecule has 0 aromatic heterocycles. The molecule has 0 bridgehead atoms. The molecular formula is C11H14ClNO4S. The number of carbonyl (C=O) groups excluding carboxylic acids is 1. The van der Waals surface area contributed by atoms with Gasteiger partial charge in [0.1, 0.15) is 0 Å². The Morgan fingerprint density at radius 3 is 2.56 bits per heavy atom. The number of rotatable bonds is 4. The number of hydrogen-bond acceptors (Lipinski definition) is 5. The number of esters is 1. The van der Waals surface area contributed by atoms with Crippen LogP contribution in [0.2, 0.25) is 5.02 Å². The molecule has 100 valence electrons. The molecule has 1 aromatic rings. The molecule has 0 aliphatic carbocycles. The van der Waals surface area contributed by atoms with Crippen molar-refractivity contribution in [2.24, 2.45) is 0 Å². The number of nitrogen functional groups attached to an aromatic ring is 1. The Balaban J connectivity index is 3.16. The molecule has 1 aromatic carbocycles. The number of ether oxygens (including phenoxy) is 1. The number of anilines is 1. The fraction of sp³-hybridized carbons (Fsp3) is 0.364. The zero-order chi connectivity index (χ0) is 13.9. The van der Waals surface area contributed by atoms with Crippen molar-refractivity contribution in [3.8, 4) is 0 Å². The molecule has 0 unspecified atom stereocenters. The molecule has 0 fully saturated rings. The highest BCUT2D eigenvalue weighted by Gasteiger charge is 2.16. The summed E-state index contributed by atoms with van der Waals surface area (Å²) in [5.41, 5.74) is 6.34. The first-order chi connectivity index (χ1) is 8.24. The van der Waals surface area contributed by atoms with E-state index in [0.717, 1.165) is 6.26 Å². The van der Waals surface area contributed by atoms with Crippen LogP contribution in [0.1, 0.15) is 22.8 Å². The van der Waals surface area contributed by atoms with Crippen LogP contribution in [0, 0.1) is 0 Å². The van der Waals surface area contributed by atoms with Crippen LogP contribution >= 0.6 is 11.6 Å². The normalized spacial score (nSPS) is 11.3. The molecule has 0 saturated heterocycles. The van der Waals surface area contributed by atoms with Gasteiger partial charge in [0.2, 0.25) is 0 Å². The summed E-state index contributed by atoms with van der Waals surface area (Å²) < 4.78 is 27.2. The Hall–Kier alpha value is -1.27. The van der Waals surface area contributed by atoms with Gasteiger partial charge >= 0.3 is 5.97 Å². The van der Waals surface area contributed by atoms with E-state index in [1.54, 1.807) is 6.92 Å². The number of sulfone groups is 1. The zero-order valence-electron chi connectivity index (χ0n) is 10.1. The van der Waals surface area contributed by atoms with Crippen molar-refractivity contribution < 1.29 is 17.9 Å². The van der Waals surface area contributed by atoms with Gasteiger partial charge < -0.3 is 10.5 Å². The lowest BCUT2D eigenvalue weighted by atomic mass is 10.1. The summed E-state index contributed by atoms with van der Waals surface area (Å²) in [6, 6.07) is 2.71. The van der Waals surface area contributed by atoms with Crippen molar-refractivity contribution >= 4 is 33.1 Å². The largest absolute Gasteiger partial charge is 0.462 e. The predicted molar refractivity (Wildman–Crippen MR) is 70.4 cm³/mol. The predicted octanol–water partition coefficient (Wildman–Crippen LogP) is 1.64. The van der Waals surface area contributed by atoms with E-state index in [-0.39, 0.29) is 28.6 Å². The van der Waals surface area contributed by atoms with Crippen LogP contribution in [-0.2, 0) is 20.3 Å². The van der Waals surface area contributed by atoms with Gasteiger partial charge in [-0.2, -0.15) is 0 Å². The van der Waals surface area contributed by atoms with Crippen LogP contribution in [-0.4, -0.2) is 27.2 Å². The maximum absolute atomic E-state index is 11.5. The number of benzene rings is 1. The Labute approximate surface area is 111 Å². The second kappa shape index (κ2) is 5.58. The van der Waals surface area contributed by atoms with Crippen molar-refractivity contribution in [3.05, 3.63) is 28.3 Å². The molecule has 0 heterocycles. The number of carbonyl (C=O) groups is 1. The van der Waals surface area contributed by atoms with Gasteiger partial charge in [-0.25, -0.2) is 13.2 Å². The minimum absolute atomic E-state index is 0.138. The molecule has 18 heavy (non-hydrogen) atoms. The lowest BCUT2D eigenvalue weighted by Gasteiger charge is -2.09. The second-order valence-electron chi connectivity index (χ2n) is 3.82. The quantitative estimate of drug-likeness (QED) is 0.673. The van der Waals surface area contributed by atoms with Crippen LogP contribution in [0.25, 0.3) is 0 Å².